The Balaban J connectivity index is 1.74. The monoisotopic (exact) mass is 379 g/mol. The van der Waals surface area contributed by atoms with Crippen molar-refractivity contribution in [3.05, 3.63) is 71.0 Å². The molecule has 3 aromatic rings. The topological polar surface area (TPSA) is 38.1 Å². The predicted molar refractivity (Wildman–Crippen MR) is 110 cm³/mol. The van der Waals surface area contributed by atoms with Crippen LogP contribution in [0, 0.1) is 6.92 Å². The number of fused-ring (bicyclic) bond motifs is 1. The number of anilines is 1. The second-order valence-electron chi connectivity index (χ2n) is 7.29. The van der Waals surface area contributed by atoms with Crippen LogP contribution in [0.5, 0.6) is 0 Å². The Morgan fingerprint density at radius 2 is 2.04 bits per heavy atom. The van der Waals surface area contributed by atoms with Crippen LogP contribution in [0.15, 0.2) is 54.6 Å². The van der Waals surface area contributed by atoms with Crippen molar-refractivity contribution >= 4 is 34.2 Å². The van der Waals surface area contributed by atoms with Crippen molar-refractivity contribution < 1.29 is 4.79 Å². The highest BCUT2D eigenvalue weighted by Gasteiger charge is 2.35. The van der Waals surface area contributed by atoms with E-state index in [1.165, 1.54) is 0 Å². The number of rotatable bonds is 4. The number of imidazole rings is 1. The fourth-order valence-corrected chi connectivity index (χ4v) is 4.01. The highest BCUT2D eigenvalue weighted by Crippen LogP contribution is 2.36. The van der Waals surface area contributed by atoms with E-state index in [1.807, 2.05) is 55.1 Å². The lowest BCUT2D eigenvalue weighted by molar-refractivity contribution is -0.117. The molecular weight excluding hydrogens is 358 g/mol. The maximum absolute atomic E-state index is 12.8. The van der Waals surface area contributed by atoms with Crippen molar-refractivity contribution in [2.75, 3.05) is 11.4 Å². The van der Waals surface area contributed by atoms with E-state index in [0.717, 1.165) is 33.7 Å². The SMILES string of the molecule is C=C(C)Cn1c(C2CC(=O)N(c3cccc(Cl)c3C)C2)nc2ccccc21. The zero-order valence-electron chi connectivity index (χ0n) is 15.6. The average molecular weight is 380 g/mol. The Kier molecular flexibility index (Phi) is 4.52. The molecule has 0 radical (unpaired) electrons. The molecular formula is C22H22ClN3O. The molecule has 1 saturated heterocycles. The van der Waals surface area contributed by atoms with Gasteiger partial charge in [0.2, 0.25) is 5.91 Å². The molecule has 1 unspecified atom stereocenters. The first-order valence-electron chi connectivity index (χ1n) is 9.10. The van der Waals surface area contributed by atoms with Gasteiger partial charge in [-0.25, -0.2) is 4.98 Å². The van der Waals surface area contributed by atoms with Crippen molar-refractivity contribution in [2.24, 2.45) is 0 Å². The number of nitrogens with zero attached hydrogens (tertiary/aromatic N) is 3. The zero-order valence-corrected chi connectivity index (χ0v) is 16.3. The molecule has 4 rings (SSSR count). The van der Waals surface area contributed by atoms with E-state index in [0.29, 0.717) is 24.5 Å². The first-order chi connectivity index (χ1) is 13.0. The Morgan fingerprint density at radius 3 is 2.81 bits per heavy atom. The molecule has 1 fully saturated rings. The van der Waals surface area contributed by atoms with Crippen LogP contribution in [-0.4, -0.2) is 22.0 Å². The summed E-state index contributed by atoms with van der Waals surface area (Å²) in [4.78, 5) is 19.5. The molecule has 27 heavy (non-hydrogen) atoms. The molecule has 5 heteroatoms. The van der Waals surface area contributed by atoms with E-state index in [-0.39, 0.29) is 11.8 Å². The number of amides is 1. The number of carbonyl (C=O) groups is 1. The molecule has 1 aliphatic heterocycles. The van der Waals surface area contributed by atoms with Gasteiger partial charge in [-0.1, -0.05) is 42.0 Å². The van der Waals surface area contributed by atoms with Gasteiger partial charge in [0.1, 0.15) is 5.82 Å². The van der Waals surface area contributed by atoms with Gasteiger partial charge in [0, 0.05) is 36.1 Å². The molecule has 0 bridgehead atoms. The van der Waals surface area contributed by atoms with Crippen LogP contribution in [0.1, 0.15) is 30.7 Å². The predicted octanol–water partition coefficient (Wildman–Crippen LogP) is 5.09. The third kappa shape index (κ3) is 3.15. The fourth-order valence-electron chi connectivity index (χ4n) is 3.84. The van der Waals surface area contributed by atoms with Crippen LogP contribution in [0.3, 0.4) is 0 Å². The van der Waals surface area contributed by atoms with Gasteiger partial charge in [-0.3, -0.25) is 4.79 Å². The Labute approximate surface area is 164 Å². The highest BCUT2D eigenvalue weighted by molar-refractivity contribution is 6.31. The van der Waals surface area contributed by atoms with Crippen molar-refractivity contribution in [1.82, 2.24) is 9.55 Å². The fraction of sp³-hybridized carbons (Fsp3) is 0.273. The van der Waals surface area contributed by atoms with Gasteiger partial charge in [0.15, 0.2) is 0 Å². The third-order valence-corrected chi connectivity index (χ3v) is 5.54. The van der Waals surface area contributed by atoms with E-state index in [4.69, 9.17) is 16.6 Å². The number of halogens is 1. The first kappa shape index (κ1) is 17.8. The minimum Gasteiger partial charge on any atom is -0.324 e. The van der Waals surface area contributed by atoms with E-state index in [1.54, 1.807) is 0 Å². The molecule has 0 spiro atoms. The number of hydrogen-bond donors (Lipinski definition) is 0. The van der Waals surface area contributed by atoms with Crippen molar-refractivity contribution in [3.8, 4) is 0 Å². The van der Waals surface area contributed by atoms with Crippen molar-refractivity contribution in [2.45, 2.75) is 32.7 Å². The van der Waals surface area contributed by atoms with Crippen molar-refractivity contribution in [3.63, 3.8) is 0 Å². The largest absolute Gasteiger partial charge is 0.324 e. The summed E-state index contributed by atoms with van der Waals surface area (Å²) in [6.07, 6.45) is 0.450. The number of aromatic nitrogens is 2. The average Bonchev–Trinajstić information content (AvgIpc) is 3.18. The lowest BCUT2D eigenvalue weighted by atomic mass is 10.1. The number of para-hydroxylation sites is 2. The standard InChI is InChI=1S/C22H22ClN3O/c1-14(2)12-26-20-9-5-4-8-18(20)24-22(26)16-11-21(27)25(13-16)19-10-6-7-17(23)15(19)3/h4-10,16H,1,11-13H2,2-3H3. The van der Waals surface area contributed by atoms with E-state index in [2.05, 4.69) is 17.2 Å². The summed E-state index contributed by atoms with van der Waals surface area (Å²) in [5.41, 5.74) is 4.92. The highest BCUT2D eigenvalue weighted by atomic mass is 35.5. The molecule has 0 N–H and O–H groups in total. The summed E-state index contributed by atoms with van der Waals surface area (Å²) < 4.78 is 2.20. The van der Waals surface area contributed by atoms with E-state index >= 15 is 0 Å². The molecule has 2 aromatic carbocycles. The third-order valence-electron chi connectivity index (χ3n) is 5.13. The van der Waals surface area contributed by atoms with Crippen LogP contribution in [0.2, 0.25) is 5.02 Å². The van der Waals surface area contributed by atoms with Crippen LogP contribution < -0.4 is 4.90 Å². The maximum Gasteiger partial charge on any atom is 0.227 e. The first-order valence-corrected chi connectivity index (χ1v) is 9.48. The zero-order chi connectivity index (χ0) is 19.1. The van der Waals surface area contributed by atoms with Crippen LogP contribution in [-0.2, 0) is 11.3 Å². The molecule has 1 aliphatic rings. The second kappa shape index (κ2) is 6.86. The number of allylic oxidation sites excluding steroid dienone is 1. The van der Waals surface area contributed by atoms with E-state index < -0.39 is 0 Å². The summed E-state index contributed by atoms with van der Waals surface area (Å²) in [5.74, 6) is 1.11. The van der Waals surface area contributed by atoms with Gasteiger partial charge >= 0.3 is 0 Å². The van der Waals surface area contributed by atoms with Crippen LogP contribution in [0.25, 0.3) is 11.0 Å². The van der Waals surface area contributed by atoms with Gasteiger partial charge in [-0.2, -0.15) is 0 Å². The Morgan fingerprint density at radius 1 is 1.26 bits per heavy atom. The number of benzene rings is 2. The normalized spacial score (nSPS) is 17.1. The molecule has 138 valence electrons. The summed E-state index contributed by atoms with van der Waals surface area (Å²) in [5, 5.41) is 0.679. The van der Waals surface area contributed by atoms with Gasteiger partial charge < -0.3 is 9.47 Å². The molecule has 1 atom stereocenters. The molecule has 1 amide bonds. The lowest BCUT2D eigenvalue weighted by Crippen LogP contribution is -2.25. The number of hydrogen-bond acceptors (Lipinski definition) is 2. The van der Waals surface area contributed by atoms with Crippen LogP contribution >= 0.6 is 11.6 Å². The summed E-state index contributed by atoms with van der Waals surface area (Å²) >= 11 is 6.27. The molecule has 0 saturated carbocycles. The minimum atomic E-state index is 0.0441. The Bertz CT molecular complexity index is 1050. The van der Waals surface area contributed by atoms with Gasteiger partial charge in [-0.05, 0) is 43.7 Å². The Hall–Kier alpha value is -2.59. The molecule has 1 aromatic heterocycles. The molecule has 4 nitrogen and oxygen atoms in total. The minimum absolute atomic E-state index is 0.0441. The van der Waals surface area contributed by atoms with E-state index in [9.17, 15) is 4.79 Å². The van der Waals surface area contributed by atoms with Gasteiger partial charge in [0.25, 0.3) is 0 Å². The quantitative estimate of drug-likeness (QED) is 0.592. The van der Waals surface area contributed by atoms with Gasteiger partial charge in [-0.15, -0.1) is 0 Å². The van der Waals surface area contributed by atoms with Crippen LogP contribution in [0.4, 0.5) is 5.69 Å². The molecule has 0 aliphatic carbocycles. The number of carbonyl (C=O) groups excluding carboxylic acids is 1. The summed E-state index contributed by atoms with van der Waals surface area (Å²) in [6, 6.07) is 13.8. The summed E-state index contributed by atoms with van der Waals surface area (Å²) in [6.45, 7) is 9.35. The van der Waals surface area contributed by atoms with Crippen molar-refractivity contribution in [1.29, 1.82) is 0 Å². The smallest absolute Gasteiger partial charge is 0.227 e. The second-order valence-corrected chi connectivity index (χ2v) is 7.70. The van der Waals surface area contributed by atoms with Gasteiger partial charge in [0.05, 0.1) is 11.0 Å². The summed E-state index contributed by atoms with van der Waals surface area (Å²) in [7, 11) is 0. The lowest BCUT2D eigenvalue weighted by Gasteiger charge is -2.20. The maximum atomic E-state index is 12.8. The molecule has 2 heterocycles.